The number of guanidine groups is 1. The minimum Gasteiger partial charge on any atom is -0.368 e. The summed E-state index contributed by atoms with van der Waals surface area (Å²) in [5.74, 6) is 1.42. The van der Waals surface area contributed by atoms with Crippen LogP contribution in [0.3, 0.4) is 0 Å². The predicted molar refractivity (Wildman–Crippen MR) is 68.6 cm³/mol. The van der Waals surface area contributed by atoms with E-state index < -0.39 is 6.29 Å². The molecular formula is C10H14N8O. The Hall–Kier alpha value is -2.51. The number of aromatic nitrogens is 2. The first-order valence-electron chi connectivity index (χ1n) is 5.63. The molecule has 2 heterocycles. The summed E-state index contributed by atoms with van der Waals surface area (Å²) in [4.78, 5) is 22.4. The highest BCUT2D eigenvalue weighted by Gasteiger charge is 2.22. The summed E-state index contributed by atoms with van der Waals surface area (Å²) in [5, 5.41) is 4.69. The van der Waals surface area contributed by atoms with Crippen LogP contribution in [0.5, 0.6) is 0 Å². The van der Waals surface area contributed by atoms with Gasteiger partial charge in [0.15, 0.2) is 6.29 Å². The Bertz CT molecular complexity index is 568. The Labute approximate surface area is 109 Å². The van der Waals surface area contributed by atoms with E-state index in [2.05, 4.69) is 20.1 Å². The minimum absolute atomic E-state index is 0.0715. The van der Waals surface area contributed by atoms with Crippen LogP contribution in [0.25, 0.3) is 0 Å². The van der Waals surface area contributed by atoms with Crippen LogP contribution in [-0.2, 0) is 11.3 Å². The fourth-order valence-electron chi connectivity index (χ4n) is 1.75. The molecule has 1 aromatic heterocycles. The first-order valence-corrected chi connectivity index (χ1v) is 5.63. The normalized spacial score (nSPS) is 18.6. The molecule has 1 aromatic rings. The van der Waals surface area contributed by atoms with Crippen LogP contribution < -0.4 is 11.5 Å². The molecule has 1 aliphatic rings. The number of rotatable bonds is 4. The van der Waals surface area contributed by atoms with E-state index in [4.69, 9.17) is 11.5 Å². The summed E-state index contributed by atoms with van der Waals surface area (Å²) in [6, 6.07) is 0. The zero-order valence-electron chi connectivity index (χ0n) is 10.4. The molecule has 0 spiro atoms. The third-order valence-electron chi connectivity index (χ3n) is 2.67. The first-order chi connectivity index (χ1) is 9.11. The number of isocyanates is 1. The third-order valence-corrected chi connectivity index (χ3v) is 2.67. The van der Waals surface area contributed by atoms with Crippen molar-refractivity contribution in [1.29, 1.82) is 0 Å². The monoisotopic (exact) mass is 262 g/mol. The van der Waals surface area contributed by atoms with E-state index in [0.717, 1.165) is 5.82 Å². The number of imidazole rings is 1. The molecule has 9 heteroatoms. The van der Waals surface area contributed by atoms with Crippen molar-refractivity contribution in [3.05, 3.63) is 18.2 Å². The second-order valence-electron chi connectivity index (χ2n) is 3.88. The summed E-state index contributed by atoms with van der Waals surface area (Å²) < 4.78 is 1.94. The summed E-state index contributed by atoms with van der Waals surface area (Å²) in [7, 11) is 0. The zero-order valence-corrected chi connectivity index (χ0v) is 10.4. The molecule has 1 aliphatic heterocycles. The van der Waals surface area contributed by atoms with E-state index in [1.807, 2.05) is 17.7 Å². The van der Waals surface area contributed by atoms with Crippen molar-refractivity contribution in [3.8, 4) is 0 Å². The highest BCUT2D eigenvalue weighted by atomic mass is 16.1. The standard InChI is InChI=1S/C10H14N8O/c1-7-13-3-5-17(7)4-2-8-15-9(11)16-10(12)18(8)14-6-19/h3,5,10H,2,4,12H2,1H3,(H2,11,16). The predicted octanol–water partition coefficient (Wildman–Crippen LogP) is -0.896. The highest BCUT2D eigenvalue weighted by Crippen LogP contribution is 2.09. The van der Waals surface area contributed by atoms with Crippen LogP contribution in [-0.4, -0.2) is 38.7 Å². The number of carbonyl (C=O) groups excluding carboxylic acids is 1. The van der Waals surface area contributed by atoms with Crippen molar-refractivity contribution in [2.24, 2.45) is 26.6 Å². The third kappa shape index (κ3) is 2.84. The smallest absolute Gasteiger partial charge is 0.258 e. The van der Waals surface area contributed by atoms with Gasteiger partial charge in [-0.1, -0.05) is 5.10 Å². The van der Waals surface area contributed by atoms with Crippen molar-refractivity contribution in [2.75, 3.05) is 0 Å². The lowest BCUT2D eigenvalue weighted by Gasteiger charge is -2.26. The van der Waals surface area contributed by atoms with Crippen molar-refractivity contribution in [2.45, 2.75) is 26.2 Å². The molecule has 0 bridgehead atoms. The molecule has 4 N–H and O–H groups in total. The Morgan fingerprint density at radius 2 is 2.37 bits per heavy atom. The second kappa shape index (κ2) is 5.42. The number of hydrogen-bond acceptors (Lipinski definition) is 8. The first kappa shape index (κ1) is 12.9. The number of hydrazone groups is 1. The van der Waals surface area contributed by atoms with Crippen molar-refractivity contribution >= 4 is 17.9 Å². The molecule has 0 aliphatic carbocycles. The van der Waals surface area contributed by atoms with E-state index in [0.29, 0.717) is 18.8 Å². The Balaban J connectivity index is 2.14. The molecular weight excluding hydrogens is 248 g/mol. The largest absolute Gasteiger partial charge is 0.368 e. The fourth-order valence-corrected chi connectivity index (χ4v) is 1.75. The van der Waals surface area contributed by atoms with Gasteiger partial charge >= 0.3 is 0 Å². The SMILES string of the molecule is Cc1nccn1CCC1=NC(N)=NC(N)N1N=C=O. The van der Waals surface area contributed by atoms with Gasteiger partial charge in [0.1, 0.15) is 11.7 Å². The quantitative estimate of drug-likeness (QED) is 0.537. The molecule has 1 unspecified atom stereocenters. The topological polar surface area (TPSA) is 127 Å². The van der Waals surface area contributed by atoms with E-state index >= 15 is 0 Å². The summed E-state index contributed by atoms with van der Waals surface area (Å²) in [5.41, 5.74) is 11.3. The molecule has 0 radical (unpaired) electrons. The fraction of sp³-hybridized carbons (Fsp3) is 0.400. The van der Waals surface area contributed by atoms with Gasteiger partial charge in [-0.05, 0) is 6.92 Å². The van der Waals surface area contributed by atoms with Gasteiger partial charge in [0.2, 0.25) is 5.96 Å². The maximum atomic E-state index is 10.4. The van der Waals surface area contributed by atoms with E-state index in [1.165, 1.54) is 11.1 Å². The molecule has 0 fully saturated rings. The molecule has 1 atom stereocenters. The van der Waals surface area contributed by atoms with Gasteiger partial charge in [-0.15, -0.1) is 0 Å². The summed E-state index contributed by atoms with van der Waals surface area (Å²) in [6.07, 6.45) is 4.63. The average Bonchev–Trinajstić information content (AvgIpc) is 2.76. The summed E-state index contributed by atoms with van der Waals surface area (Å²) in [6.45, 7) is 2.52. The van der Waals surface area contributed by atoms with Crippen molar-refractivity contribution in [3.63, 3.8) is 0 Å². The number of aryl methyl sites for hydroxylation is 2. The van der Waals surface area contributed by atoms with E-state index in [-0.39, 0.29) is 5.96 Å². The average molecular weight is 262 g/mol. The van der Waals surface area contributed by atoms with Gasteiger partial charge in [-0.2, -0.15) is 4.99 Å². The van der Waals surface area contributed by atoms with Crippen molar-refractivity contribution < 1.29 is 4.79 Å². The molecule has 0 aromatic carbocycles. The number of hydrogen-bond donors (Lipinski definition) is 2. The van der Waals surface area contributed by atoms with E-state index in [1.54, 1.807) is 6.20 Å². The molecule has 0 saturated carbocycles. The van der Waals surface area contributed by atoms with Gasteiger partial charge in [0, 0.05) is 25.4 Å². The molecule has 9 nitrogen and oxygen atoms in total. The number of nitrogens with zero attached hydrogens (tertiary/aromatic N) is 6. The van der Waals surface area contributed by atoms with E-state index in [9.17, 15) is 4.79 Å². The van der Waals surface area contributed by atoms with Crippen molar-refractivity contribution in [1.82, 2.24) is 14.6 Å². The lowest BCUT2D eigenvalue weighted by Crippen LogP contribution is -2.46. The molecule has 0 saturated heterocycles. The highest BCUT2D eigenvalue weighted by molar-refractivity contribution is 5.97. The molecule has 0 amide bonds. The van der Waals surface area contributed by atoms with Gasteiger partial charge in [-0.25, -0.2) is 19.8 Å². The van der Waals surface area contributed by atoms with Crippen LogP contribution in [0.2, 0.25) is 0 Å². The molecule has 100 valence electrons. The Morgan fingerprint density at radius 1 is 1.58 bits per heavy atom. The number of nitrogens with two attached hydrogens (primary N) is 2. The van der Waals surface area contributed by atoms with Gasteiger partial charge in [0.05, 0.1) is 0 Å². The Kier molecular flexibility index (Phi) is 3.69. The maximum absolute atomic E-state index is 10.4. The van der Waals surface area contributed by atoms with Gasteiger partial charge in [0.25, 0.3) is 6.08 Å². The maximum Gasteiger partial charge on any atom is 0.258 e. The van der Waals surface area contributed by atoms with Crippen LogP contribution in [0, 0.1) is 6.92 Å². The molecule has 2 rings (SSSR count). The zero-order chi connectivity index (χ0) is 13.8. The Morgan fingerprint density at radius 3 is 3.00 bits per heavy atom. The lowest BCUT2D eigenvalue weighted by atomic mass is 10.3. The van der Waals surface area contributed by atoms with Crippen LogP contribution in [0.4, 0.5) is 0 Å². The molecule has 19 heavy (non-hydrogen) atoms. The van der Waals surface area contributed by atoms with Gasteiger partial charge < -0.3 is 10.3 Å². The number of aliphatic imine (C=N–C) groups is 2. The lowest BCUT2D eigenvalue weighted by molar-refractivity contribution is 0.325. The minimum atomic E-state index is -0.849. The summed E-state index contributed by atoms with van der Waals surface area (Å²) >= 11 is 0. The second-order valence-corrected chi connectivity index (χ2v) is 3.88. The van der Waals surface area contributed by atoms with Crippen LogP contribution in [0.15, 0.2) is 27.5 Å². The van der Waals surface area contributed by atoms with Gasteiger partial charge in [-0.3, -0.25) is 5.73 Å². The van der Waals surface area contributed by atoms with Crippen LogP contribution in [0.1, 0.15) is 12.2 Å². The van der Waals surface area contributed by atoms with Crippen LogP contribution >= 0.6 is 0 Å². The number of amidine groups is 1.